The van der Waals surface area contributed by atoms with Crippen LogP contribution in [-0.4, -0.2) is 180 Å². The van der Waals surface area contributed by atoms with E-state index in [0.717, 1.165) is 76.4 Å². The molecule has 98 heavy (non-hydrogen) atoms. The first-order valence-corrected chi connectivity index (χ1v) is 39.5. The van der Waals surface area contributed by atoms with E-state index in [1.807, 2.05) is 30.0 Å². The summed E-state index contributed by atoms with van der Waals surface area (Å²) in [4.78, 5) is 12.1. The number of rotatable bonds is 17. The highest BCUT2D eigenvalue weighted by molar-refractivity contribution is 7.99. The average molecular weight is 1400 g/mol. The Hall–Kier alpha value is -1.56. The van der Waals surface area contributed by atoms with Crippen LogP contribution in [0.2, 0.25) is 0 Å². The zero-order chi connectivity index (χ0) is 69.5. The zero-order valence-electron chi connectivity index (χ0n) is 60.5. The summed E-state index contributed by atoms with van der Waals surface area (Å²) < 4.78 is 37.1. The van der Waals surface area contributed by atoms with E-state index in [-0.39, 0.29) is 90.8 Å². The fourth-order valence-corrected chi connectivity index (χ4v) is 24.6. The second-order valence-corrected chi connectivity index (χ2v) is 35.2. The molecule has 35 atom stereocenters. The number of aliphatic hydroxyl groups is 10. The maximum absolute atomic E-state index is 12.1. The van der Waals surface area contributed by atoms with Gasteiger partial charge in [-0.25, -0.2) is 4.79 Å². The molecule has 0 radical (unpaired) electrons. The van der Waals surface area contributed by atoms with Crippen molar-refractivity contribution < 1.29 is 84.3 Å². The predicted octanol–water partition coefficient (Wildman–Crippen LogP) is 12.0. The van der Waals surface area contributed by atoms with Gasteiger partial charge in [-0.2, -0.15) is 0 Å². The van der Waals surface area contributed by atoms with E-state index in [2.05, 4.69) is 83.1 Å². The summed E-state index contributed by atoms with van der Waals surface area (Å²) in [6, 6.07) is 9.11. The number of esters is 1. The monoisotopic (exact) mass is 1400 g/mol. The molecule has 0 spiro atoms. The van der Waals surface area contributed by atoms with E-state index >= 15 is 0 Å². The molecule has 3 heterocycles. The zero-order valence-corrected chi connectivity index (χ0v) is 61.3. The minimum absolute atomic E-state index is 0. The van der Waals surface area contributed by atoms with E-state index in [4.69, 9.17) is 28.4 Å². The van der Waals surface area contributed by atoms with Crippen LogP contribution >= 0.6 is 11.8 Å². The molecule has 566 valence electrons. The summed E-state index contributed by atoms with van der Waals surface area (Å²) in [6.07, 6.45) is 7.69. The second-order valence-electron chi connectivity index (χ2n) is 33.9. The molecule has 8 aliphatic carbocycles. The molecule has 10 N–H and O–H groups in total. The van der Waals surface area contributed by atoms with Gasteiger partial charge in [-0.1, -0.05) is 168 Å². The molecule has 0 bridgehead atoms. The lowest BCUT2D eigenvalue weighted by molar-refractivity contribution is -0.345. The van der Waals surface area contributed by atoms with Gasteiger partial charge < -0.3 is 79.5 Å². The van der Waals surface area contributed by atoms with Gasteiger partial charge >= 0.3 is 5.97 Å². The number of hydrogen-bond donors (Lipinski definition) is 10. The summed E-state index contributed by atoms with van der Waals surface area (Å²) in [5, 5.41) is 107. The number of benzene rings is 1. The highest BCUT2D eigenvalue weighted by Gasteiger charge is 2.69. The van der Waals surface area contributed by atoms with E-state index in [9.17, 15) is 55.9 Å². The molecule has 1 aromatic rings. The van der Waals surface area contributed by atoms with Gasteiger partial charge in [-0.3, -0.25) is 0 Å². The van der Waals surface area contributed by atoms with Crippen LogP contribution in [0.15, 0.2) is 30.3 Å². The van der Waals surface area contributed by atoms with Gasteiger partial charge in [0, 0.05) is 5.41 Å². The van der Waals surface area contributed by atoms with Crippen LogP contribution in [-0.2, 0) is 28.4 Å². The lowest BCUT2D eigenvalue weighted by Crippen LogP contribution is -2.66. The smallest absolute Gasteiger partial charge is 0.338 e. The van der Waals surface area contributed by atoms with Crippen molar-refractivity contribution in [3.05, 3.63) is 35.9 Å². The molecule has 6 unspecified atom stereocenters. The predicted molar refractivity (Wildman–Crippen MR) is 383 cm³/mol. The van der Waals surface area contributed by atoms with Crippen LogP contribution in [0.3, 0.4) is 0 Å². The van der Waals surface area contributed by atoms with Crippen molar-refractivity contribution in [3.8, 4) is 0 Å². The number of ether oxygens (including phenoxy) is 6. The third kappa shape index (κ3) is 15.5. The number of fused-ring (bicyclic) bond motifs is 10. The lowest BCUT2D eigenvalue weighted by atomic mass is 9.43. The van der Waals surface area contributed by atoms with Crippen molar-refractivity contribution in [3.63, 3.8) is 0 Å². The molecule has 17 nitrogen and oxygen atoms in total. The van der Waals surface area contributed by atoms with E-state index in [0.29, 0.717) is 95.0 Å². The fraction of sp³-hybridized carbons (Fsp3) is 0.912. The minimum atomic E-state index is -1.52. The third-order valence-corrected chi connectivity index (χ3v) is 30.6. The van der Waals surface area contributed by atoms with Gasteiger partial charge in [0.25, 0.3) is 0 Å². The summed E-state index contributed by atoms with van der Waals surface area (Å²) in [6.45, 7) is 27.0. The van der Waals surface area contributed by atoms with Crippen molar-refractivity contribution in [2.24, 2.45) is 110 Å². The highest BCUT2D eigenvalue weighted by Crippen LogP contribution is 2.71. The van der Waals surface area contributed by atoms with Crippen molar-refractivity contribution >= 4 is 17.7 Å². The van der Waals surface area contributed by atoms with Crippen LogP contribution in [0.4, 0.5) is 0 Å². The third-order valence-electron chi connectivity index (χ3n) is 29.4. The SMILES string of the molecule is C.C.CCC[C@@H](C)[C@H]1CC[C@H]2[C@@H]3[C@H](O)C[C@@H]4CCCC[C@]4(C)[C@H]3C[C@H](O)[C@]12C.CCC[C@@H](C)[C@H]1CC[C@H]2[C@@H]3[C@H](O[C@@H]4OC(CO)[C@@H](O)[C@H](O)C4O)C[C@@H]4CCCC[C@]4(C)[C@H]3C[C@H](O[C@@H]3OC(CO)[C@@H](O)[C@H](O)C3O)[C@]12C.CCS[C@@H]1OC(COC(=O)c2ccccc2)[C@@H](C)[C@H](C)C1C. The fourth-order valence-electron chi connectivity index (χ4n) is 23.5. The van der Waals surface area contributed by atoms with E-state index in [1.165, 1.54) is 51.4 Å². The summed E-state index contributed by atoms with van der Waals surface area (Å²) >= 11 is 1.84. The Kier molecular flexibility index (Phi) is 28.8. The standard InChI is InChI=1S/C36H62O12.C24H42O2.C18H26O3S.2CH4/c1-5-8-17(2)19-10-11-20-26-21(14-25(36(19,20)4)48-34-32(44)30(42)28(40)24(16-38)47-34)35(3)12-7-6-9-18(35)13-22(26)45-33-31(43)29(41)27(39)23(15-37)46-33;1-5-8-15(2)17-10-11-18-22-19(14-21(26)24(17,18)4)23(3)12-7-6-9-16(23)13-20(22)25;1-5-22-18-14(4)12(2)13(3)16(21-18)11-20-17(19)15-9-7-6-8-10-15;;/h17-34,37-44H,5-16H2,1-4H3;15-22,25-26H,5-14H2,1-4H3;6-10,12-14,16,18H,5,11H2,1-4H3;2*1H4/t17-,18+,19-,20+,21+,22-,23?,24?,25+,26+,27-,28-,29+,30+,31?,32?,33-,34+,35+,36-;15-,16+,17-,18+,19+,20-,21+,22+,23+,24-;12-,13-,14?,16?,18-;;/m110../s1. The molecular formula is C80H138O17S. The largest absolute Gasteiger partial charge is 0.459 e. The number of carbonyl (C=O) groups excluding carboxylic acids is 1. The maximum atomic E-state index is 12.1. The minimum Gasteiger partial charge on any atom is -0.459 e. The van der Waals surface area contributed by atoms with Crippen LogP contribution < -0.4 is 0 Å². The van der Waals surface area contributed by atoms with Crippen molar-refractivity contribution in [2.45, 2.75) is 324 Å². The second kappa shape index (κ2) is 34.3. The van der Waals surface area contributed by atoms with Gasteiger partial charge in [0.1, 0.15) is 60.9 Å². The molecular weight excluding hydrogens is 1260 g/mol. The molecule has 18 heteroatoms. The first-order valence-electron chi connectivity index (χ1n) is 38.5. The summed E-state index contributed by atoms with van der Waals surface area (Å²) in [5.41, 5.74) is 0.780. The Labute approximate surface area is 594 Å². The molecule has 0 amide bonds. The van der Waals surface area contributed by atoms with Crippen LogP contribution in [0, 0.1) is 110 Å². The Bertz CT molecular complexity index is 2600. The molecule has 11 aliphatic rings. The van der Waals surface area contributed by atoms with Crippen molar-refractivity contribution in [1.82, 2.24) is 0 Å². The van der Waals surface area contributed by atoms with Gasteiger partial charge in [-0.05, 0) is 200 Å². The van der Waals surface area contributed by atoms with Crippen LogP contribution in [0.1, 0.15) is 237 Å². The quantitative estimate of drug-likeness (QED) is 0.0513. The summed E-state index contributed by atoms with van der Waals surface area (Å²) in [7, 11) is 0. The molecule has 0 aromatic heterocycles. The van der Waals surface area contributed by atoms with E-state index in [1.54, 1.807) is 12.1 Å². The molecule has 8 saturated carbocycles. The van der Waals surface area contributed by atoms with Gasteiger partial charge in [-0.15, -0.1) is 11.8 Å². The topological polar surface area (TPSA) is 275 Å². The Morgan fingerprint density at radius 2 is 1.07 bits per heavy atom. The number of thioether (sulfide) groups is 1. The lowest BCUT2D eigenvalue weighted by Gasteiger charge is -2.65. The van der Waals surface area contributed by atoms with E-state index < -0.39 is 74.6 Å². The summed E-state index contributed by atoms with van der Waals surface area (Å²) in [5.74, 6) is 7.11. The number of hydrogen-bond acceptors (Lipinski definition) is 18. The highest BCUT2D eigenvalue weighted by atomic mass is 32.2. The molecule has 12 rings (SSSR count). The first kappa shape index (κ1) is 82.1. The Balaban J connectivity index is 0.000000206. The van der Waals surface area contributed by atoms with Crippen molar-refractivity contribution in [2.75, 3.05) is 25.6 Å². The number of aliphatic hydroxyl groups excluding tert-OH is 10. The molecule has 1 aromatic carbocycles. The average Bonchev–Trinajstić information content (AvgIpc) is 1.34. The van der Waals surface area contributed by atoms with Crippen LogP contribution in [0.25, 0.3) is 0 Å². The van der Waals surface area contributed by atoms with Gasteiger partial charge in [0.15, 0.2) is 12.6 Å². The molecule has 11 fully saturated rings. The molecule has 3 aliphatic heterocycles. The number of carbonyl (C=O) groups is 1. The van der Waals surface area contributed by atoms with Crippen LogP contribution in [0.5, 0.6) is 0 Å². The van der Waals surface area contributed by atoms with Crippen molar-refractivity contribution in [1.29, 1.82) is 0 Å². The maximum Gasteiger partial charge on any atom is 0.338 e. The Morgan fingerprint density at radius 3 is 1.60 bits per heavy atom. The molecule has 3 saturated heterocycles. The normalized spacial score (nSPS) is 48.4. The Morgan fingerprint density at radius 1 is 0.561 bits per heavy atom. The van der Waals surface area contributed by atoms with Gasteiger partial charge in [0.05, 0.1) is 49.3 Å². The first-order chi connectivity index (χ1) is 45.7. The van der Waals surface area contributed by atoms with Gasteiger partial charge in [0.2, 0.25) is 0 Å².